The van der Waals surface area contributed by atoms with Gasteiger partial charge in [0.2, 0.25) is 0 Å². The number of benzene rings is 3. The third-order valence-electron chi connectivity index (χ3n) is 2.93. The first kappa shape index (κ1) is 13.8. The number of hydrogen-bond donors (Lipinski definition) is 2. The summed E-state index contributed by atoms with van der Waals surface area (Å²) in [5.74, 6) is 1.33. The minimum atomic E-state index is 0.663. The van der Waals surface area contributed by atoms with Gasteiger partial charge in [-0.2, -0.15) is 0 Å². The molecule has 0 aliphatic carbocycles. The molecule has 2 N–H and O–H groups in total. The van der Waals surface area contributed by atoms with Gasteiger partial charge >= 0.3 is 0 Å². The summed E-state index contributed by atoms with van der Waals surface area (Å²) in [4.78, 5) is 11.1. The van der Waals surface area contributed by atoms with Crippen LogP contribution < -0.4 is 20.6 Å². The molecule has 0 atom stereocenters. The molecule has 3 aromatic carbocycles. The first-order valence-electron chi connectivity index (χ1n) is 6.96. The summed E-state index contributed by atoms with van der Waals surface area (Å²) >= 11 is 0. The largest absolute Gasteiger partial charge is 0.382 e. The fourth-order valence-corrected chi connectivity index (χ4v) is 1.85. The Balaban J connectivity index is 1.58. The summed E-state index contributed by atoms with van der Waals surface area (Å²) in [5, 5.41) is 0. The zero-order chi connectivity index (χ0) is 15.0. The van der Waals surface area contributed by atoms with Crippen LogP contribution in [-0.2, 0) is 0 Å². The third kappa shape index (κ3) is 3.93. The number of nitrogens with one attached hydrogen (secondary N) is 2. The molecule has 0 saturated heterocycles. The van der Waals surface area contributed by atoms with Crippen LogP contribution in [0, 0.1) is 0 Å². The van der Waals surface area contributed by atoms with Crippen molar-refractivity contribution in [2.75, 3.05) is 11.0 Å². The molecule has 0 saturated carbocycles. The second kappa shape index (κ2) is 7.04. The summed E-state index contributed by atoms with van der Waals surface area (Å²) in [6, 6.07) is 26.7. The molecule has 3 aromatic rings. The Kier molecular flexibility index (Phi) is 4.42. The molecule has 4 heteroatoms. The lowest BCUT2D eigenvalue weighted by atomic mass is 10.3. The van der Waals surface area contributed by atoms with Crippen LogP contribution in [0.15, 0.2) is 84.9 Å². The highest BCUT2D eigenvalue weighted by Crippen LogP contribution is 2.20. The third-order valence-corrected chi connectivity index (χ3v) is 2.93. The zero-order valence-corrected chi connectivity index (χ0v) is 11.9. The van der Waals surface area contributed by atoms with Gasteiger partial charge in [0, 0.05) is 6.07 Å². The number of anilines is 2. The second-order valence-electron chi connectivity index (χ2n) is 4.62. The van der Waals surface area contributed by atoms with Gasteiger partial charge in [-0.1, -0.05) is 42.5 Å². The Labute approximate surface area is 129 Å². The van der Waals surface area contributed by atoms with Crippen molar-refractivity contribution in [3.8, 4) is 11.5 Å². The van der Waals surface area contributed by atoms with Gasteiger partial charge in [-0.25, -0.2) is 11.0 Å². The van der Waals surface area contributed by atoms with E-state index in [1.54, 1.807) is 6.07 Å². The van der Waals surface area contributed by atoms with Gasteiger partial charge in [0.25, 0.3) is 0 Å². The Morgan fingerprint density at radius 1 is 0.500 bits per heavy atom. The van der Waals surface area contributed by atoms with Crippen LogP contribution in [0.25, 0.3) is 0 Å². The van der Waals surface area contributed by atoms with E-state index in [1.165, 1.54) is 0 Å². The van der Waals surface area contributed by atoms with E-state index in [4.69, 9.17) is 9.68 Å². The van der Waals surface area contributed by atoms with Gasteiger partial charge in [0.05, 0.1) is 11.4 Å². The SMILES string of the molecule is c1ccc(NOc2cccc(ONc3ccccc3)c2)cc1. The average Bonchev–Trinajstić information content (AvgIpc) is 2.60. The molecule has 0 unspecified atom stereocenters. The maximum atomic E-state index is 5.53. The predicted octanol–water partition coefficient (Wildman–Crippen LogP) is 4.50. The molecule has 0 bridgehead atoms. The summed E-state index contributed by atoms with van der Waals surface area (Å²) in [7, 11) is 0. The lowest BCUT2D eigenvalue weighted by Gasteiger charge is -2.11. The lowest BCUT2D eigenvalue weighted by Crippen LogP contribution is -2.06. The standard InChI is InChI=1S/C18H16N2O2/c1-3-8-15(9-4-1)19-21-17-12-7-13-18(14-17)22-20-16-10-5-2-6-11-16/h1-14,19-20H. The average molecular weight is 292 g/mol. The molecule has 0 heterocycles. The predicted molar refractivity (Wildman–Crippen MR) is 87.8 cm³/mol. The van der Waals surface area contributed by atoms with Gasteiger partial charge in [-0.3, -0.25) is 0 Å². The van der Waals surface area contributed by atoms with E-state index in [9.17, 15) is 0 Å². The fraction of sp³-hybridized carbons (Fsp3) is 0. The number of rotatable bonds is 6. The van der Waals surface area contributed by atoms with E-state index in [-0.39, 0.29) is 0 Å². The van der Waals surface area contributed by atoms with Crippen molar-refractivity contribution < 1.29 is 9.68 Å². The van der Waals surface area contributed by atoms with Crippen LogP contribution in [0.4, 0.5) is 11.4 Å². The van der Waals surface area contributed by atoms with Gasteiger partial charge < -0.3 is 9.68 Å². The molecule has 110 valence electrons. The van der Waals surface area contributed by atoms with Crippen molar-refractivity contribution in [1.82, 2.24) is 0 Å². The lowest BCUT2D eigenvalue weighted by molar-refractivity contribution is 0.385. The van der Waals surface area contributed by atoms with Gasteiger partial charge in [-0.05, 0) is 36.4 Å². The maximum Gasteiger partial charge on any atom is 0.158 e. The van der Waals surface area contributed by atoms with Crippen LogP contribution in [0.2, 0.25) is 0 Å². The monoisotopic (exact) mass is 292 g/mol. The molecule has 0 amide bonds. The molecule has 0 aliphatic rings. The summed E-state index contributed by atoms with van der Waals surface area (Å²) in [6.45, 7) is 0. The molecule has 3 rings (SSSR count). The van der Waals surface area contributed by atoms with E-state index in [0.29, 0.717) is 11.5 Å². The van der Waals surface area contributed by atoms with Crippen LogP contribution in [0.3, 0.4) is 0 Å². The van der Waals surface area contributed by atoms with Crippen molar-refractivity contribution in [2.24, 2.45) is 0 Å². The molecular weight excluding hydrogens is 276 g/mol. The van der Waals surface area contributed by atoms with Gasteiger partial charge in [0.15, 0.2) is 11.5 Å². The summed E-state index contributed by atoms with van der Waals surface area (Å²) < 4.78 is 0. The zero-order valence-electron chi connectivity index (χ0n) is 11.9. The van der Waals surface area contributed by atoms with E-state index >= 15 is 0 Å². The van der Waals surface area contributed by atoms with Crippen molar-refractivity contribution in [1.29, 1.82) is 0 Å². The normalized spacial score (nSPS) is 9.82. The molecule has 22 heavy (non-hydrogen) atoms. The molecule has 0 aromatic heterocycles. The van der Waals surface area contributed by atoms with E-state index in [2.05, 4.69) is 11.0 Å². The van der Waals surface area contributed by atoms with Crippen LogP contribution in [-0.4, -0.2) is 0 Å². The quantitative estimate of drug-likeness (QED) is 0.656. The molecule has 4 nitrogen and oxygen atoms in total. The molecule has 0 spiro atoms. The fourth-order valence-electron chi connectivity index (χ4n) is 1.85. The number of hydrogen-bond acceptors (Lipinski definition) is 4. The minimum Gasteiger partial charge on any atom is -0.382 e. The topological polar surface area (TPSA) is 42.5 Å². The molecule has 0 aliphatic heterocycles. The highest BCUT2D eigenvalue weighted by molar-refractivity contribution is 5.43. The van der Waals surface area contributed by atoms with Crippen LogP contribution >= 0.6 is 0 Å². The van der Waals surface area contributed by atoms with Crippen molar-refractivity contribution in [3.05, 3.63) is 84.9 Å². The maximum absolute atomic E-state index is 5.53. The first-order chi connectivity index (χ1) is 10.9. The summed E-state index contributed by atoms with van der Waals surface area (Å²) in [6.07, 6.45) is 0. The summed E-state index contributed by atoms with van der Waals surface area (Å²) in [5.41, 5.74) is 7.54. The van der Waals surface area contributed by atoms with Crippen molar-refractivity contribution >= 4 is 11.4 Å². The highest BCUT2D eigenvalue weighted by atomic mass is 16.7. The Hall–Kier alpha value is -3.14. The van der Waals surface area contributed by atoms with Gasteiger partial charge in [0.1, 0.15) is 0 Å². The van der Waals surface area contributed by atoms with Crippen LogP contribution in [0.5, 0.6) is 11.5 Å². The first-order valence-corrected chi connectivity index (χ1v) is 6.96. The van der Waals surface area contributed by atoms with Crippen molar-refractivity contribution in [3.63, 3.8) is 0 Å². The number of para-hydroxylation sites is 2. The minimum absolute atomic E-state index is 0.663. The van der Waals surface area contributed by atoms with E-state index in [1.807, 2.05) is 78.9 Å². The smallest absolute Gasteiger partial charge is 0.158 e. The van der Waals surface area contributed by atoms with Crippen molar-refractivity contribution in [2.45, 2.75) is 0 Å². The van der Waals surface area contributed by atoms with E-state index in [0.717, 1.165) is 11.4 Å². The van der Waals surface area contributed by atoms with Gasteiger partial charge in [-0.15, -0.1) is 0 Å². The Bertz CT molecular complexity index is 644. The molecular formula is C18H16N2O2. The van der Waals surface area contributed by atoms with E-state index < -0.39 is 0 Å². The van der Waals surface area contributed by atoms with Crippen LogP contribution in [0.1, 0.15) is 0 Å². The molecule has 0 radical (unpaired) electrons. The Morgan fingerprint density at radius 2 is 0.955 bits per heavy atom. The second-order valence-corrected chi connectivity index (χ2v) is 4.62. The molecule has 0 fully saturated rings. The highest BCUT2D eigenvalue weighted by Gasteiger charge is 1.99. The Morgan fingerprint density at radius 3 is 1.41 bits per heavy atom.